The van der Waals surface area contributed by atoms with Crippen molar-refractivity contribution in [1.29, 1.82) is 0 Å². The third-order valence-electron chi connectivity index (χ3n) is 4.00. The van der Waals surface area contributed by atoms with Gasteiger partial charge in [-0.1, -0.05) is 30.3 Å². The van der Waals surface area contributed by atoms with Crippen molar-refractivity contribution < 1.29 is 9.47 Å². The van der Waals surface area contributed by atoms with E-state index in [4.69, 9.17) is 9.47 Å². The summed E-state index contributed by atoms with van der Waals surface area (Å²) in [7, 11) is 0. The van der Waals surface area contributed by atoms with Crippen LogP contribution in [-0.2, 0) is 11.3 Å². The van der Waals surface area contributed by atoms with Gasteiger partial charge in [0, 0.05) is 31.9 Å². The summed E-state index contributed by atoms with van der Waals surface area (Å²) >= 11 is 0. The highest BCUT2D eigenvalue weighted by molar-refractivity contribution is 5.19. The van der Waals surface area contributed by atoms with Gasteiger partial charge in [0.1, 0.15) is 18.5 Å². The minimum atomic E-state index is 0.0996. The zero-order chi connectivity index (χ0) is 15.9. The Morgan fingerprint density at radius 1 is 1.22 bits per heavy atom. The summed E-state index contributed by atoms with van der Waals surface area (Å²) in [6.45, 7) is 6.26. The van der Waals surface area contributed by atoms with E-state index in [-0.39, 0.29) is 6.10 Å². The van der Waals surface area contributed by atoms with Gasteiger partial charge in [-0.3, -0.25) is 9.88 Å². The second-order valence-corrected chi connectivity index (χ2v) is 6.01. The summed E-state index contributed by atoms with van der Waals surface area (Å²) in [5.74, 6) is 0.804. The van der Waals surface area contributed by atoms with Gasteiger partial charge in [0.2, 0.25) is 0 Å². The maximum atomic E-state index is 5.93. The van der Waals surface area contributed by atoms with Gasteiger partial charge in [-0.15, -0.1) is 0 Å². The number of nitrogens with zero attached hydrogens (tertiary/aromatic N) is 2. The normalized spacial score (nSPS) is 19.3. The molecule has 0 spiro atoms. The summed E-state index contributed by atoms with van der Waals surface area (Å²) < 4.78 is 11.8. The molecule has 1 aliphatic heterocycles. The minimum absolute atomic E-state index is 0.0996. The van der Waals surface area contributed by atoms with E-state index < -0.39 is 0 Å². The highest BCUT2D eigenvalue weighted by Crippen LogP contribution is 2.13. The van der Waals surface area contributed by atoms with Crippen LogP contribution in [0.5, 0.6) is 5.75 Å². The van der Waals surface area contributed by atoms with Crippen LogP contribution >= 0.6 is 0 Å². The lowest BCUT2D eigenvalue weighted by molar-refractivity contribution is 0.0200. The molecule has 0 amide bonds. The minimum Gasteiger partial charge on any atom is -0.489 e. The van der Waals surface area contributed by atoms with Crippen LogP contribution in [0.1, 0.15) is 17.7 Å². The van der Waals surface area contributed by atoms with Crippen LogP contribution in [0.15, 0.2) is 48.7 Å². The first-order valence-corrected chi connectivity index (χ1v) is 8.23. The number of hydrogen-bond acceptors (Lipinski definition) is 4. The third-order valence-corrected chi connectivity index (χ3v) is 4.00. The van der Waals surface area contributed by atoms with Crippen LogP contribution in [0.25, 0.3) is 0 Å². The standard InChI is InChI=1S/C19H24N2O2/c1-16-8-9-18(12-20-16)23-15-19-14-21(10-5-11-22-19)13-17-6-3-2-4-7-17/h2-4,6-9,12,19H,5,10-11,13-15H2,1H3. The van der Waals surface area contributed by atoms with E-state index in [1.807, 2.05) is 19.1 Å². The number of pyridine rings is 1. The Balaban J connectivity index is 1.53. The Hall–Kier alpha value is -1.91. The molecule has 0 radical (unpaired) electrons. The van der Waals surface area contributed by atoms with Crippen LogP contribution in [0.4, 0.5) is 0 Å². The van der Waals surface area contributed by atoms with E-state index in [0.29, 0.717) is 6.61 Å². The van der Waals surface area contributed by atoms with Crippen LogP contribution in [0, 0.1) is 6.92 Å². The maximum absolute atomic E-state index is 5.93. The molecule has 4 heteroatoms. The lowest BCUT2D eigenvalue weighted by Crippen LogP contribution is -2.34. The molecule has 2 heterocycles. The molecule has 0 bridgehead atoms. The molecule has 4 nitrogen and oxygen atoms in total. The Kier molecular flexibility index (Phi) is 5.61. The molecule has 1 unspecified atom stereocenters. The largest absolute Gasteiger partial charge is 0.489 e. The summed E-state index contributed by atoms with van der Waals surface area (Å²) in [5, 5.41) is 0. The Morgan fingerprint density at radius 2 is 2.09 bits per heavy atom. The summed E-state index contributed by atoms with van der Waals surface area (Å²) in [4.78, 5) is 6.70. The zero-order valence-electron chi connectivity index (χ0n) is 13.6. The van der Waals surface area contributed by atoms with Gasteiger partial charge >= 0.3 is 0 Å². The van der Waals surface area contributed by atoms with Crippen LogP contribution in [-0.4, -0.2) is 42.3 Å². The molecule has 3 rings (SSSR count). The van der Waals surface area contributed by atoms with E-state index in [0.717, 1.165) is 44.1 Å². The van der Waals surface area contributed by atoms with Gasteiger partial charge in [0.15, 0.2) is 0 Å². The quantitative estimate of drug-likeness (QED) is 0.850. The third kappa shape index (κ3) is 5.05. The first-order valence-electron chi connectivity index (χ1n) is 8.23. The molecule has 0 aliphatic carbocycles. The van der Waals surface area contributed by atoms with Crippen molar-refractivity contribution in [3.63, 3.8) is 0 Å². The van der Waals surface area contributed by atoms with Crippen molar-refractivity contribution in [2.75, 3.05) is 26.3 Å². The van der Waals surface area contributed by atoms with Crippen LogP contribution < -0.4 is 4.74 Å². The van der Waals surface area contributed by atoms with Crippen molar-refractivity contribution in [3.05, 3.63) is 59.9 Å². The lowest BCUT2D eigenvalue weighted by atomic mass is 10.2. The maximum Gasteiger partial charge on any atom is 0.137 e. The van der Waals surface area contributed by atoms with Crippen molar-refractivity contribution >= 4 is 0 Å². The molecule has 1 aromatic carbocycles. The van der Waals surface area contributed by atoms with Gasteiger partial charge in [0.05, 0.1) is 6.20 Å². The number of aromatic nitrogens is 1. The second kappa shape index (κ2) is 8.09. The molecule has 0 N–H and O–H groups in total. The molecular weight excluding hydrogens is 288 g/mol. The van der Waals surface area contributed by atoms with Crippen molar-refractivity contribution in [2.24, 2.45) is 0 Å². The lowest BCUT2D eigenvalue weighted by Gasteiger charge is -2.23. The Labute approximate surface area is 138 Å². The van der Waals surface area contributed by atoms with E-state index >= 15 is 0 Å². The first-order chi connectivity index (χ1) is 11.3. The highest BCUT2D eigenvalue weighted by Gasteiger charge is 2.19. The van der Waals surface area contributed by atoms with E-state index in [1.165, 1.54) is 5.56 Å². The predicted molar refractivity (Wildman–Crippen MR) is 90.5 cm³/mol. The topological polar surface area (TPSA) is 34.6 Å². The van der Waals surface area contributed by atoms with Gasteiger partial charge in [-0.25, -0.2) is 0 Å². The molecule has 1 aromatic heterocycles. The number of ether oxygens (including phenoxy) is 2. The fourth-order valence-electron chi connectivity index (χ4n) is 2.78. The van der Waals surface area contributed by atoms with E-state index in [1.54, 1.807) is 6.20 Å². The van der Waals surface area contributed by atoms with Gasteiger partial charge in [-0.2, -0.15) is 0 Å². The molecule has 1 saturated heterocycles. The van der Waals surface area contributed by atoms with Crippen molar-refractivity contribution in [3.8, 4) is 5.75 Å². The van der Waals surface area contributed by atoms with Crippen molar-refractivity contribution in [2.45, 2.75) is 26.0 Å². The van der Waals surface area contributed by atoms with Gasteiger partial charge < -0.3 is 9.47 Å². The summed E-state index contributed by atoms with van der Waals surface area (Å²) in [6, 6.07) is 14.5. The fraction of sp³-hybridized carbons (Fsp3) is 0.421. The summed E-state index contributed by atoms with van der Waals surface area (Å²) in [5.41, 5.74) is 2.34. The summed E-state index contributed by atoms with van der Waals surface area (Å²) in [6.07, 6.45) is 2.94. The molecule has 1 atom stereocenters. The first kappa shape index (κ1) is 16.0. The second-order valence-electron chi connectivity index (χ2n) is 6.01. The molecule has 1 fully saturated rings. The zero-order valence-corrected chi connectivity index (χ0v) is 13.6. The number of benzene rings is 1. The number of aryl methyl sites for hydroxylation is 1. The average Bonchev–Trinajstić information content (AvgIpc) is 2.80. The van der Waals surface area contributed by atoms with Crippen LogP contribution in [0.2, 0.25) is 0 Å². The molecule has 1 aliphatic rings. The smallest absolute Gasteiger partial charge is 0.137 e. The Bertz CT molecular complexity index is 586. The van der Waals surface area contributed by atoms with E-state index in [9.17, 15) is 0 Å². The number of hydrogen-bond donors (Lipinski definition) is 0. The monoisotopic (exact) mass is 312 g/mol. The van der Waals surface area contributed by atoms with Crippen LogP contribution in [0.3, 0.4) is 0 Å². The van der Waals surface area contributed by atoms with E-state index in [2.05, 4.69) is 40.2 Å². The van der Waals surface area contributed by atoms with Gasteiger partial charge in [-0.05, 0) is 31.0 Å². The molecule has 2 aromatic rings. The average molecular weight is 312 g/mol. The number of rotatable bonds is 5. The fourth-order valence-corrected chi connectivity index (χ4v) is 2.78. The SMILES string of the molecule is Cc1ccc(OCC2CN(Cc3ccccc3)CCCO2)cn1. The molecular formula is C19H24N2O2. The molecule has 122 valence electrons. The molecule has 0 saturated carbocycles. The van der Waals surface area contributed by atoms with Crippen molar-refractivity contribution in [1.82, 2.24) is 9.88 Å². The van der Waals surface area contributed by atoms with Gasteiger partial charge in [0.25, 0.3) is 0 Å². The molecule has 23 heavy (non-hydrogen) atoms. The highest BCUT2D eigenvalue weighted by atomic mass is 16.5. The predicted octanol–water partition coefficient (Wildman–Crippen LogP) is 3.06. The Morgan fingerprint density at radius 3 is 2.87 bits per heavy atom.